The number of piperazine rings is 1. The van der Waals surface area contributed by atoms with Gasteiger partial charge in [-0.3, -0.25) is 14.7 Å². The molecule has 0 saturated carbocycles. The lowest BCUT2D eigenvalue weighted by atomic mass is 10.2. The maximum absolute atomic E-state index is 12.4. The average Bonchev–Trinajstić information content (AvgIpc) is 2.67. The topological polar surface area (TPSA) is 48.5 Å². The number of nitrogens with zero attached hydrogens (tertiary/aromatic N) is 3. The molecule has 2 aromatic rings. The van der Waals surface area contributed by atoms with Crippen LogP contribution >= 0.6 is 11.6 Å². The zero-order valence-electron chi connectivity index (χ0n) is 14.4. The standard InChI is InChI=1S/C19H23ClN4O/c1-15(19(25)22-14-16-3-2-8-21-13-16)23-9-11-24(12-10-23)18-6-4-17(20)5-7-18/h2-8,13,15H,9-12,14H2,1H3,(H,22,25). The van der Waals surface area contributed by atoms with Crippen molar-refractivity contribution in [2.45, 2.75) is 19.5 Å². The number of halogens is 1. The van der Waals surface area contributed by atoms with Crippen LogP contribution in [-0.2, 0) is 11.3 Å². The van der Waals surface area contributed by atoms with Gasteiger partial charge in [-0.15, -0.1) is 0 Å². The van der Waals surface area contributed by atoms with E-state index in [-0.39, 0.29) is 11.9 Å². The van der Waals surface area contributed by atoms with E-state index in [0.29, 0.717) is 6.54 Å². The molecule has 1 unspecified atom stereocenters. The van der Waals surface area contributed by atoms with Crippen LogP contribution in [0.2, 0.25) is 5.02 Å². The number of carbonyl (C=O) groups is 1. The maximum atomic E-state index is 12.4. The molecule has 6 heteroatoms. The van der Waals surface area contributed by atoms with Crippen molar-refractivity contribution < 1.29 is 4.79 Å². The maximum Gasteiger partial charge on any atom is 0.237 e. The molecule has 25 heavy (non-hydrogen) atoms. The summed E-state index contributed by atoms with van der Waals surface area (Å²) < 4.78 is 0. The molecule has 3 rings (SSSR count). The molecular formula is C19H23ClN4O. The molecule has 0 spiro atoms. The first-order valence-electron chi connectivity index (χ1n) is 8.54. The first-order chi connectivity index (χ1) is 12.1. The van der Waals surface area contributed by atoms with Gasteiger partial charge in [-0.05, 0) is 42.8 Å². The van der Waals surface area contributed by atoms with Crippen LogP contribution in [0.25, 0.3) is 0 Å². The summed E-state index contributed by atoms with van der Waals surface area (Å²) in [5, 5.41) is 3.75. The number of aromatic nitrogens is 1. The van der Waals surface area contributed by atoms with Crippen LogP contribution in [-0.4, -0.2) is 48.0 Å². The highest BCUT2D eigenvalue weighted by molar-refractivity contribution is 6.30. The van der Waals surface area contributed by atoms with Crippen molar-refractivity contribution >= 4 is 23.2 Å². The van der Waals surface area contributed by atoms with E-state index in [0.717, 1.165) is 36.8 Å². The van der Waals surface area contributed by atoms with E-state index in [4.69, 9.17) is 11.6 Å². The molecule has 0 radical (unpaired) electrons. The third-order valence-corrected chi connectivity index (χ3v) is 4.87. The van der Waals surface area contributed by atoms with Gasteiger partial charge in [0, 0.05) is 55.8 Å². The number of benzene rings is 1. The summed E-state index contributed by atoms with van der Waals surface area (Å²) >= 11 is 5.95. The SMILES string of the molecule is CC(C(=O)NCc1cccnc1)N1CCN(c2ccc(Cl)cc2)CC1. The molecule has 1 atom stereocenters. The molecule has 2 heterocycles. The van der Waals surface area contributed by atoms with Crippen LogP contribution in [0.3, 0.4) is 0 Å². The molecule has 1 aliphatic rings. The summed E-state index contributed by atoms with van der Waals surface area (Å²) in [5.41, 5.74) is 2.19. The Bertz CT molecular complexity index is 684. The van der Waals surface area contributed by atoms with Crippen molar-refractivity contribution in [3.05, 3.63) is 59.4 Å². The van der Waals surface area contributed by atoms with Crippen LogP contribution in [0, 0.1) is 0 Å². The molecule has 1 N–H and O–H groups in total. The monoisotopic (exact) mass is 358 g/mol. The number of nitrogens with one attached hydrogen (secondary N) is 1. The van der Waals surface area contributed by atoms with Gasteiger partial charge >= 0.3 is 0 Å². The summed E-state index contributed by atoms with van der Waals surface area (Å²) in [6.07, 6.45) is 3.50. The highest BCUT2D eigenvalue weighted by atomic mass is 35.5. The van der Waals surface area contributed by atoms with Crippen LogP contribution < -0.4 is 10.2 Å². The van der Waals surface area contributed by atoms with Gasteiger partial charge in [-0.2, -0.15) is 0 Å². The van der Waals surface area contributed by atoms with E-state index in [1.165, 1.54) is 5.69 Å². The van der Waals surface area contributed by atoms with Crippen LogP contribution in [0.1, 0.15) is 12.5 Å². The third-order valence-electron chi connectivity index (χ3n) is 4.62. The fourth-order valence-electron chi connectivity index (χ4n) is 3.02. The molecule has 1 saturated heterocycles. The van der Waals surface area contributed by atoms with Crippen LogP contribution in [0.15, 0.2) is 48.8 Å². The highest BCUT2D eigenvalue weighted by Crippen LogP contribution is 2.20. The predicted molar refractivity (Wildman–Crippen MR) is 101 cm³/mol. The highest BCUT2D eigenvalue weighted by Gasteiger charge is 2.25. The molecule has 132 valence electrons. The predicted octanol–water partition coefficient (Wildman–Crippen LogP) is 2.56. The van der Waals surface area contributed by atoms with Crippen molar-refractivity contribution in [2.24, 2.45) is 0 Å². The number of rotatable bonds is 5. The Morgan fingerprint density at radius 2 is 1.92 bits per heavy atom. The minimum absolute atomic E-state index is 0.0591. The first-order valence-corrected chi connectivity index (χ1v) is 8.92. The smallest absolute Gasteiger partial charge is 0.237 e. The van der Waals surface area contributed by atoms with Crippen molar-refractivity contribution in [3.63, 3.8) is 0 Å². The Kier molecular flexibility index (Phi) is 5.89. The second-order valence-corrected chi connectivity index (χ2v) is 6.69. The van der Waals surface area contributed by atoms with E-state index in [1.54, 1.807) is 12.4 Å². The lowest BCUT2D eigenvalue weighted by molar-refractivity contribution is -0.126. The second kappa shape index (κ2) is 8.32. The zero-order valence-corrected chi connectivity index (χ0v) is 15.1. The van der Waals surface area contributed by atoms with Gasteiger partial charge in [0.25, 0.3) is 0 Å². The van der Waals surface area contributed by atoms with E-state index < -0.39 is 0 Å². The molecule has 1 amide bonds. The lowest BCUT2D eigenvalue weighted by Gasteiger charge is -2.38. The molecule has 0 bridgehead atoms. The van der Waals surface area contributed by atoms with Crippen molar-refractivity contribution in [2.75, 3.05) is 31.1 Å². The summed E-state index contributed by atoms with van der Waals surface area (Å²) in [6.45, 7) is 6.02. The average molecular weight is 359 g/mol. The van der Waals surface area contributed by atoms with Gasteiger partial charge in [-0.1, -0.05) is 17.7 Å². The second-order valence-electron chi connectivity index (χ2n) is 6.25. The molecule has 1 fully saturated rings. The van der Waals surface area contributed by atoms with Crippen LogP contribution in [0.4, 0.5) is 5.69 Å². The molecule has 1 aliphatic heterocycles. The zero-order chi connectivity index (χ0) is 17.6. The lowest BCUT2D eigenvalue weighted by Crippen LogP contribution is -2.53. The van der Waals surface area contributed by atoms with Crippen molar-refractivity contribution in [3.8, 4) is 0 Å². The summed E-state index contributed by atoms with van der Waals surface area (Å²) in [4.78, 5) is 21.0. The Hall–Kier alpha value is -2.11. The molecule has 5 nitrogen and oxygen atoms in total. The number of amides is 1. The minimum atomic E-state index is -0.135. The molecular weight excluding hydrogens is 336 g/mol. The Morgan fingerprint density at radius 3 is 2.56 bits per heavy atom. The largest absolute Gasteiger partial charge is 0.369 e. The summed E-state index contributed by atoms with van der Waals surface area (Å²) in [7, 11) is 0. The number of hydrogen-bond acceptors (Lipinski definition) is 4. The number of carbonyl (C=O) groups excluding carboxylic acids is 1. The Balaban J connectivity index is 1.48. The van der Waals surface area contributed by atoms with Crippen LogP contribution in [0.5, 0.6) is 0 Å². The van der Waals surface area contributed by atoms with E-state index in [2.05, 4.69) is 20.1 Å². The number of anilines is 1. The fraction of sp³-hybridized carbons (Fsp3) is 0.368. The molecule has 1 aromatic heterocycles. The fourth-order valence-corrected chi connectivity index (χ4v) is 3.15. The first kappa shape index (κ1) is 17.7. The minimum Gasteiger partial charge on any atom is -0.369 e. The van der Waals surface area contributed by atoms with Crippen molar-refractivity contribution in [1.29, 1.82) is 0 Å². The van der Waals surface area contributed by atoms with Gasteiger partial charge in [0.15, 0.2) is 0 Å². The number of pyridine rings is 1. The summed E-state index contributed by atoms with van der Waals surface area (Å²) in [6, 6.07) is 11.6. The molecule has 1 aromatic carbocycles. The van der Waals surface area contributed by atoms with Gasteiger partial charge in [0.05, 0.1) is 6.04 Å². The van der Waals surface area contributed by atoms with Gasteiger partial charge in [-0.25, -0.2) is 0 Å². The Labute approximate surface area is 153 Å². The third kappa shape index (κ3) is 4.71. The normalized spacial score (nSPS) is 16.5. The van der Waals surface area contributed by atoms with E-state index >= 15 is 0 Å². The van der Waals surface area contributed by atoms with Gasteiger partial charge in [0.2, 0.25) is 5.91 Å². The van der Waals surface area contributed by atoms with Gasteiger partial charge in [0.1, 0.15) is 0 Å². The van der Waals surface area contributed by atoms with E-state index in [9.17, 15) is 4.79 Å². The van der Waals surface area contributed by atoms with Crippen molar-refractivity contribution in [1.82, 2.24) is 15.2 Å². The van der Waals surface area contributed by atoms with Gasteiger partial charge < -0.3 is 10.2 Å². The quantitative estimate of drug-likeness (QED) is 0.892. The molecule has 0 aliphatic carbocycles. The van der Waals surface area contributed by atoms with E-state index in [1.807, 2.05) is 43.3 Å². The summed E-state index contributed by atoms with van der Waals surface area (Å²) in [5.74, 6) is 0.0591. The Morgan fingerprint density at radius 1 is 1.20 bits per heavy atom. The number of hydrogen-bond donors (Lipinski definition) is 1.